The number of primary amides is 1. The number of nitrogens with two attached hydrogens (primary N) is 1. The lowest BCUT2D eigenvalue weighted by Gasteiger charge is -2.32. The lowest BCUT2D eigenvalue weighted by Crippen LogP contribution is -2.46. The summed E-state index contributed by atoms with van der Waals surface area (Å²) in [6.45, 7) is 7.67. The van der Waals surface area contributed by atoms with Crippen molar-refractivity contribution in [2.24, 2.45) is 11.7 Å². The van der Waals surface area contributed by atoms with Crippen LogP contribution in [0.2, 0.25) is 0 Å². The molecule has 0 aliphatic carbocycles. The fourth-order valence-corrected chi connectivity index (χ4v) is 3.35. The molecule has 1 saturated heterocycles. The summed E-state index contributed by atoms with van der Waals surface area (Å²) in [4.78, 5) is 25.2. The molecule has 1 fully saturated rings. The van der Waals surface area contributed by atoms with Crippen molar-refractivity contribution >= 4 is 11.9 Å². The number of aromatic nitrogens is 1. The lowest BCUT2D eigenvalue weighted by atomic mass is 9.95. The minimum Gasteiger partial charge on any atom is -0.370 e. The zero-order valence-corrected chi connectivity index (χ0v) is 14.1. The highest BCUT2D eigenvalue weighted by molar-refractivity contribution is 5.75. The Morgan fingerprint density at radius 1 is 1.48 bits per heavy atom. The van der Waals surface area contributed by atoms with Gasteiger partial charge in [-0.3, -0.25) is 4.79 Å². The van der Waals surface area contributed by atoms with Crippen molar-refractivity contribution in [3.63, 3.8) is 0 Å². The highest BCUT2D eigenvalue weighted by Crippen LogP contribution is 2.23. The second-order valence-corrected chi connectivity index (χ2v) is 6.45. The Bertz CT molecular complexity index is 550. The predicted octanol–water partition coefficient (Wildman–Crippen LogP) is 1.69. The van der Waals surface area contributed by atoms with Crippen LogP contribution in [0.15, 0.2) is 4.52 Å². The van der Waals surface area contributed by atoms with Crippen LogP contribution in [0.4, 0.5) is 4.79 Å². The number of urea groups is 1. The fourth-order valence-electron chi connectivity index (χ4n) is 3.35. The van der Waals surface area contributed by atoms with Crippen molar-refractivity contribution in [2.45, 2.75) is 46.0 Å². The van der Waals surface area contributed by atoms with Gasteiger partial charge in [0.15, 0.2) is 0 Å². The number of hydrogen-bond donors (Lipinski definition) is 2. The molecule has 1 aliphatic rings. The maximum atomic E-state index is 12.3. The van der Waals surface area contributed by atoms with Crippen molar-refractivity contribution in [3.8, 4) is 0 Å². The van der Waals surface area contributed by atoms with Crippen LogP contribution in [0, 0.1) is 19.8 Å². The van der Waals surface area contributed by atoms with E-state index in [1.165, 1.54) is 0 Å². The lowest BCUT2D eigenvalue weighted by molar-refractivity contribution is -0.119. The molecule has 0 radical (unpaired) electrons. The molecule has 3 N–H and O–H groups in total. The molecule has 1 aromatic rings. The van der Waals surface area contributed by atoms with Crippen molar-refractivity contribution in [3.05, 3.63) is 17.0 Å². The molecule has 7 nitrogen and oxygen atoms in total. The molecule has 128 valence electrons. The first-order valence-electron chi connectivity index (χ1n) is 8.12. The number of aryl methyl sites for hydroxylation is 2. The Hall–Kier alpha value is -2.05. The summed E-state index contributed by atoms with van der Waals surface area (Å²) in [5.74, 6) is 0.802. The number of nitrogens with zero attached hydrogens (tertiary/aromatic N) is 2. The van der Waals surface area contributed by atoms with E-state index >= 15 is 0 Å². The van der Waals surface area contributed by atoms with E-state index < -0.39 is 0 Å². The molecular weight excluding hydrogens is 296 g/mol. The third-order valence-corrected chi connectivity index (χ3v) is 4.44. The van der Waals surface area contributed by atoms with Gasteiger partial charge >= 0.3 is 6.03 Å². The number of carbonyl (C=O) groups is 2. The van der Waals surface area contributed by atoms with Crippen LogP contribution >= 0.6 is 0 Å². The summed E-state index contributed by atoms with van der Waals surface area (Å²) in [6.07, 6.45) is 2.20. The SMILES string of the molecule is Cc1noc(C)c1C(C)CNC(=O)N1CCCC(CC(N)=O)C1. The average Bonchev–Trinajstić information content (AvgIpc) is 2.83. The standard InChI is InChI=1S/C16H26N4O3/c1-10(15-11(2)19-23-12(15)3)8-18-16(22)20-6-4-5-13(9-20)7-14(17)21/h10,13H,4-9H2,1-3H3,(H2,17,21)(H,18,22). The summed E-state index contributed by atoms with van der Waals surface area (Å²) >= 11 is 0. The van der Waals surface area contributed by atoms with Crippen molar-refractivity contribution in [1.29, 1.82) is 0 Å². The average molecular weight is 322 g/mol. The van der Waals surface area contributed by atoms with E-state index in [1.54, 1.807) is 4.90 Å². The number of amides is 3. The zero-order chi connectivity index (χ0) is 17.0. The first-order chi connectivity index (χ1) is 10.9. The fraction of sp³-hybridized carbons (Fsp3) is 0.688. The van der Waals surface area contributed by atoms with E-state index in [-0.39, 0.29) is 23.8 Å². The van der Waals surface area contributed by atoms with E-state index in [1.807, 2.05) is 20.8 Å². The molecule has 0 aromatic carbocycles. The van der Waals surface area contributed by atoms with E-state index in [4.69, 9.17) is 10.3 Å². The molecule has 2 atom stereocenters. The summed E-state index contributed by atoms with van der Waals surface area (Å²) in [7, 11) is 0. The number of carbonyl (C=O) groups excluding carboxylic acids is 2. The number of hydrogen-bond acceptors (Lipinski definition) is 4. The number of rotatable bonds is 5. The minimum atomic E-state index is -0.302. The van der Waals surface area contributed by atoms with Gasteiger partial charge in [-0.1, -0.05) is 12.1 Å². The Kier molecular flexibility index (Phi) is 5.63. The third-order valence-electron chi connectivity index (χ3n) is 4.44. The Morgan fingerprint density at radius 2 is 2.22 bits per heavy atom. The van der Waals surface area contributed by atoms with Crippen LogP contribution in [0.5, 0.6) is 0 Å². The first-order valence-corrected chi connectivity index (χ1v) is 8.12. The van der Waals surface area contributed by atoms with Gasteiger partial charge in [0.05, 0.1) is 5.69 Å². The Morgan fingerprint density at radius 3 is 2.83 bits per heavy atom. The molecule has 3 amide bonds. The molecule has 1 aromatic heterocycles. The van der Waals surface area contributed by atoms with Crippen LogP contribution in [0.25, 0.3) is 0 Å². The van der Waals surface area contributed by atoms with Crippen molar-refractivity contribution in [2.75, 3.05) is 19.6 Å². The maximum absolute atomic E-state index is 12.3. The second-order valence-electron chi connectivity index (χ2n) is 6.45. The minimum absolute atomic E-state index is 0.0854. The van der Waals surface area contributed by atoms with Crippen LogP contribution in [-0.4, -0.2) is 41.6 Å². The summed E-state index contributed by atoms with van der Waals surface area (Å²) in [5, 5.41) is 6.92. The Labute approximate surface area is 136 Å². The van der Waals surface area contributed by atoms with Gasteiger partial charge in [-0.25, -0.2) is 4.79 Å². The molecule has 0 spiro atoms. The van der Waals surface area contributed by atoms with Gasteiger partial charge in [0, 0.05) is 37.5 Å². The van der Waals surface area contributed by atoms with Crippen LogP contribution in [0.1, 0.15) is 49.1 Å². The van der Waals surface area contributed by atoms with Gasteiger partial charge in [-0.2, -0.15) is 0 Å². The Balaban J connectivity index is 1.85. The number of piperidine rings is 1. The highest BCUT2D eigenvalue weighted by atomic mass is 16.5. The van der Waals surface area contributed by atoms with Gasteiger partial charge in [-0.05, 0) is 32.6 Å². The summed E-state index contributed by atoms with van der Waals surface area (Å²) < 4.78 is 5.17. The van der Waals surface area contributed by atoms with E-state index in [0.29, 0.717) is 19.5 Å². The molecule has 2 unspecified atom stereocenters. The van der Waals surface area contributed by atoms with Crippen LogP contribution in [-0.2, 0) is 4.79 Å². The molecule has 0 bridgehead atoms. The molecule has 1 aliphatic heterocycles. The van der Waals surface area contributed by atoms with Gasteiger partial charge in [0.2, 0.25) is 5.91 Å². The molecule has 7 heteroatoms. The second kappa shape index (κ2) is 7.48. The smallest absolute Gasteiger partial charge is 0.317 e. The van der Waals surface area contributed by atoms with E-state index in [0.717, 1.165) is 36.4 Å². The van der Waals surface area contributed by atoms with Crippen molar-refractivity contribution in [1.82, 2.24) is 15.4 Å². The van der Waals surface area contributed by atoms with Crippen LogP contribution < -0.4 is 11.1 Å². The summed E-state index contributed by atoms with van der Waals surface area (Å²) in [6, 6.07) is -0.0854. The normalized spacial score (nSPS) is 19.4. The molecular formula is C16H26N4O3. The van der Waals surface area contributed by atoms with E-state index in [2.05, 4.69) is 10.5 Å². The first kappa shape index (κ1) is 17.3. The van der Waals surface area contributed by atoms with Gasteiger partial charge < -0.3 is 20.5 Å². The van der Waals surface area contributed by atoms with E-state index in [9.17, 15) is 9.59 Å². The largest absolute Gasteiger partial charge is 0.370 e. The summed E-state index contributed by atoms with van der Waals surface area (Å²) in [5.41, 5.74) is 7.17. The van der Waals surface area contributed by atoms with Crippen LogP contribution in [0.3, 0.4) is 0 Å². The third kappa shape index (κ3) is 4.46. The molecule has 23 heavy (non-hydrogen) atoms. The quantitative estimate of drug-likeness (QED) is 0.861. The van der Waals surface area contributed by atoms with Gasteiger partial charge in [0.1, 0.15) is 5.76 Å². The topological polar surface area (TPSA) is 101 Å². The van der Waals surface area contributed by atoms with Gasteiger partial charge in [-0.15, -0.1) is 0 Å². The maximum Gasteiger partial charge on any atom is 0.317 e. The van der Waals surface area contributed by atoms with Gasteiger partial charge in [0.25, 0.3) is 0 Å². The zero-order valence-electron chi connectivity index (χ0n) is 14.1. The number of likely N-dealkylation sites (tertiary alicyclic amines) is 1. The molecule has 2 rings (SSSR count). The molecule has 2 heterocycles. The predicted molar refractivity (Wildman–Crippen MR) is 85.9 cm³/mol. The monoisotopic (exact) mass is 322 g/mol. The number of nitrogens with one attached hydrogen (secondary N) is 1. The molecule has 0 saturated carbocycles. The van der Waals surface area contributed by atoms with Crippen molar-refractivity contribution < 1.29 is 14.1 Å². The highest BCUT2D eigenvalue weighted by Gasteiger charge is 2.25.